The molecular weight excluding hydrogens is 386 g/mol. The normalized spacial score (nSPS) is 11.9. The largest absolute Gasteiger partial charge is 0.481 e. The SMILES string of the molecule is Cc1sc2ncn(NC(=O)C(C)Oc3ccccc3)c(=O)c2c1-c1ccccc1. The average molecular weight is 405 g/mol. The predicted octanol–water partition coefficient (Wildman–Crippen LogP) is 3.97. The summed E-state index contributed by atoms with van der Waals surface area (Å²) in [5, 5.41) is 0.498. The van der Waals surface area contributed by atoms with Crippen LogP contribution in [-0.4, -0.2) is 21.7 Å². The van der Waals surface area contributed by atoms with Gasteiger partial charge in [-0.2, -0.15) is 0 Å². The number of nitrogens with one attached hydrogen (secondary N) is 1. The van der Waals surface area contributed by atoms with E-state index in [1.165, 1.54) is 17.7 Å². The molecule has 1 N–H and O–H groups in total. The predicted molar refractivity (Wildman–Crippen MR) is 115 cm³/mol. The zero-order valence-corrected chi connectivity index (χ0v) is 16.8. The second-order valence-electron chi connectivity index (χ2n) is 6.55. The van der Waals surface area contributed by atoms with Crippen molar-refractivity contribution in [3.63, 3.8) is 0 Å². The van der Waals surface area contributed by atoms with Crippen molar-refractivity contribution < 1.29 is 9.53 Å². The minimum Gasteiger partial charge on any atom is -0.481 e. The Morgan fingerprint density at radius 3 is 2.45 bits per heavy atom. The molecule has 0 saturated heterocycles. The van der Waals surface area contributed by atoms with Crippen LogP contribution in [0.4, 0.5) is 0 Å². The number of benzene rings is 2. The van der Waals surface area contributed by atoms with Gasteiger partial charge in [-0.3, -0.25) is 15.0 Å². The van der Waals surface area contributed by atoms with Crippen molar-refractivity contribution in [2.45, 2.75) is 20.0 Å². The van der Waals surface area contributed by atoms with Crippen molar-refractivity contribution in [2.75, 3.05) is 5.43 Å². The maximum absolute atomic E-state index is 13.1. The fourth-order valence-electron chi connectivity index (χ4n) is 3.10. The highest BCUT2D eigenvalue weighted by Crippen LogP contribution is 2.35. The number of fused-ring (bicyclic) bond motifs is 1. The Morgan fingerprint density at radius 2 is 1.76 bits per heavy atom. The molecule has 0 saturated carbocycles. The number of ether oxygens (including phenoxy) is 1. The van der Waals surface area contributed by atoms with E-state index in [0.717, 1.165) is 20.7 Å². The van der Waals surface area contributed by atoms with Gasteiger partial charge in [-0.05, 0) is 31.5 Å². The quantitative estimate of drug-likeness (QED) is 0.545. The number of rotatable bonds is 5. The van der Waals surface area contributed by atoms with Crippen LogP contribution in [0, 0.1) is 6.92 Å². The summed E-state index contributed by atoms with van der Waals surface area (Å²) in [5.74, 6) is 0.140. The molecular formula is C22H19N3O3S. The molecule has 0 fully saturated rings. The van der Waals surface area contributed by atoms with E-state index in [1.807, 2.05) is 55.5 Å². The van der Waals surface area contributed by atoms with Crippen molar-refractivity contribution in [2.24, 2.45) is 0 Å². The molecule has 0 aliphatic rings. The zero-order chi connectivity index (χ0) is 20.4. The lowest BCUT2D eigenvalue weighted by molar-refractivity contribution is -0.123. The number of hydrogen-bond donors (Lipinski definition) is 1. The third kappa shape index (κ3) is 3.77. The van der Waals surface area contributed by atoms with Gasteiger partial charge in [-0.1, -0.05) is 48.5 Å². The van der Waals surface area contributed by atoms with Gasteiger partial charge in [-0.15, -0.1) is 11.3 Å². The molecule has 2 aromatic heterocycles. The smallest absolute Gasteiger partial charge is 0.281 e. The van der Waals surface area contributed by atoms with Gasteiger partial charge in [0.1, 0.15) is 16.9 Å². The van der Waals surface area contributed by atoms with Crippen LogP contribution in [0.15, 0.2) is 71.8 Å². The fraction of sp³-hybridized carbons (Fsp3) is 0.136. The average Bonchev–Trinajstić information content (AvgIpc) is 3.08. The van der Waals surface area contributed by atoms with Crippen LogP contribution >= 0.6 is 11.3 Å². The number of nitrogens with zero attached hydrogens (tertiary/aromatic N) is 2. The van der Waals surface area contributed by atoms with Gasteiger partial charge < -0.3 is 4.74 Å². The van der Waals surface area contributed by atoms with E-state index in [-0.39, 0.29) is 5.56 Å². The zero-order valence-electron chi connectivity index (χ0n) is 16.0. The number of para-hydroxylation sites is 1. The van der Waals surface area contributed by atoms with Crippen molar-refractivity contribution in [3.05, 3.63) is 82.2 Å². The molecule has 0 bridgehead atoms. The first-order valence-electron chi connectivity index (χ1n) is 9.13. The lowest BCUT2D eigenvalue weighted by atomic mass is 10.0. The van der Waals surface area contributed by atoms with Gasteiger partial charge in [0.25, 0.3) is 11.5 Å². The molecule has 1 atom stereocenters. The Bertz CT molecular complexity index is 1220. The van der Waals surface area contributed by atoms with Crippen LogP contribution in [-0.2, 0) is 4.79 Å². The van der Waals surface area contributed by atoms with Gasteiger partial charge in [0.2, 0.25) is 0 Å². The van der Waals surface area contributed by atoms with E-state index in [1.54, 1.807) is 19.1 Å². The van der Waals surface area contributed by atoms with E-state index < -0.39 is 12.0 Å². The summed E-state index contributed by atoms with van der Waals surface area (Å²) in [5.41, 5.74) is 4.06. The number of aryl methyl sites for hydroxylation is 1. The molecule has 29 heavy (non-hydrogen) atoms. The first kappa shape index (κ1) is 18.9. The van der Waals surface area contributed by atoms with Crippen molar-refractivity contribution in [1.82, 2.24) is 9.66 Å². The molecule has 0 radical (unpaired) electrons. The van der Waals surface area contributed by atoms with E-state index >= 15 is 0 Å². The molecule has 7 heteroatoms. The molecule has 1 unspecified atom stereocenters. The first-order chi connectivity index (χ1) is 14.0. The van der Waals surface area contributed by atoms with Gasteiger partial charge in [-0.25, -0.2) is 9.66 Å². The fourth-order valence-corrected chi connectivity index (χ4v) is 4.10. The van der Waals surface area contributed by atoms with Crippen LogP contribution in [0.2, 0.25) is 0 Å². The molecule has 4 aromatic rings. The first-order valence-corrected chi connectivity index (χ1v) is 9.95. The molecule has 4 rings (SSSR count). The minimum absolute atomic E-state index is 0.321. The third-order valence-corrected chi connectivity index (χ3v) is 5.52. The second kappa shape index (κ2) is 7.89. The lowest BCUT2D eigenvalue weighted by Crippen LogP contribution is -2.39. The third-order valence-electron chi connectivity index (χ3n) is 4.51. The van der Waals surface area contributed by atoms with Crippen LogP contribution in [0.1, 0.15) is 11.8 Å². The molecule has 0 aliphatic heterocycles. The van der Waals surface area contributed by atoms with E-state index in [2.05, 4.69) is 10.4 Å². The number of aromatic nitrogens is 2. The Hall–Kier alpha value is -3.45. The highest BCUT2D eigenvalue weighted by atomic mass is 32.1. The van der Waals surface area contributed by atoms with E-state index in [9.17, 15) is 9.59 Å². The van der Waals surface area contributed by atoms with Crippen LogP contribution in [0.5, 0.6) is 5.75 Å². The molecule has 0 spiro atoms. The number of hydrogen-bond acceptors (Lipinski definition) is 5. The molecule has 2 heterocycles. The number of carbonyl (C=O) groups excluding carboxylic acids is 1. The summed E-state index contributed by atoms with van der Waals surface area (Å²) in [7, 11) is 0. The van der Waals surface area contributed by atoms with Crippen molar-refractivity contribution in [1.29, 1.82) is 0 Å². The maximum Gasteiger partial charge on any atom is 0.281 e. The summed E-state index contributed by atoms with van der Waals surface area (Å²) in [6.07, 6.45) is 0.556. The van der Waals surface area contributed by atoms with E-state index in [4.69, 9.17) is 4.74 Å². The highest BCUT2D eigenvalue weighted by Gasteiger charge is 2.19. The van der Waals surface area contributed by atoms with Crippen molar-refractivity contribution in [3.8, 4) is 16.9 Å². The molecule has 0 aliphatic carbocycles. The maximum atomic E-state index is 13.1. The molecule has 2 aromatic carbocycles. The Kier molecular flexibility index (Phi) is 5.14. The second-order valence-corrected chi connectivity index (χ2v) is 7.75. The Morgan fingerprint density at radius 1 is 1.10 bits per heavy atom. The van der Waals surface area contributed by atoms with Crippen LogP contribution < -0.4 is 15.7 Å². The van der Waals surface area contributed by atoms with E-state index in [0.29, 0.717) is 16.0 Å². The summed E-state index contributed by atoms with van der Waals surface area (Å²) < 4.78 is 6.75. The number of amides is 1. The summed E-state index contributed by atoms with van der Waals surface area (Å²) in [4.78, 5) is 31.7. The van der Waals surface area contributed by atoms with Gasteiger partial charge >= 0.3 is 0 Å². The van der Waals surface area contributed by atoms with Gasteiger partial charge in [0.15, 0.2) is 6.10 Å². The monoisotopic (exact) mass is 405 g/mol. The standard InChI is InChI=1S/C22H19N3O3S/c1-14(28-17-11-7-4-8-12-17)20(26)24-25-13-23-21-19(22(25)27)18(15(2)29-21)16-9-5-3-6-10-16/h3-14H,1-2H3,(H,24,26). The number of carbonyl (C=O) groups is 1. The highest BCUT2D eigenvalue weighted by molar-refractivity contribution is 7.19. The lowest BCUT2D eigenvalue weighted by Gasteiger charge is -2.15. The van der Waals surface area contributed by atoms with Crippen molar-refractivity contribution >= 4 is 27.5 Å². The van der Waals surface area contributed by atoms with Gasteiger partial charge in [0.05, 0.1) is 5.39 Å². The minimum atomic E-state index is -0.780. The van der Waals surface area contributed by atoms with Gasteiger partial charge in [0, 0.05) is 10.4 Å². The molecule has 1 amide bonds. The Labute approximate surface area is 171 Å². The number of thiophene rings is 1. The summed E-state index contributed by atoms with van der Waals surface area (Å²) >= 11 is 1.46. The molecule has 146 valence electrons. The summed E-state index contributed by atoms with van der Waals surface area (Å²) in [6, 6.07) is 18.8. The molecule has 6 nitrogen and oxygen atoms in total. The summed E-state index contributed by atoms with van der Waals surface area (Å²) in [6.45, 7) is 3.59. The topological polar surface area (TPSA) is 73.2 Å². The Balaban J connectivity index is 1.66. The van der Waals surface area contributed by atoms with Crippen LogP contribution in [0.25, 0.3) is 21.3 Å². The van der Waals surface area contributed by atoms with Crippen LogP contribution in [0.3, 0.4) is 0 Å².